The molecule has 1 nitrogen and oxygen atoms in total. The maximum Gasteiger partial charge on any atom is 0.0540 e. The fourth-order valence-electron chi connectivity index (χ4n) is 5.81. The van der Waals surface area contributed by atoms with E-state index in [-0.39, 0.29) is 0 Å². The van der Waals surface area contributed by atoms with E-state index in [1.54, 1.807) is 0 Å². The molecule has 0 amide bonds. The van der Waals surface area contributed by atoms with Gasteiger partial charge in [-0.3, -0.25) is 0 Å². The Bertz CT molecular complexity index is 1860. The zero-order chi connectivity index (χ0) is 26.3. The lowest BCUT2D eigenvalue weighted by molar-refractivity contribution is 1.28. The Kier molecular flexibility index (Phi) is 5.64. The third-order valence-corrected chi connectivity index (χ3v) is 7.77. The Morgan fingerprint density at radius 2 is 0.872 bits per heavy atom. The molecule has 0 radical (unpaired) electrons. The van der Waals surface area contributed by atoms with Gasteiger partial charge in [-0.1, -0.05) is 114 Å². The first kappa shape index (κ1) is 23.3. The number of benzene rings is 7. The summed E-state index contributed by atoms with van der Waals surface area (Å²) in [4.78, 5) is 2.38. The SMILES string of the molecule is Cc1ccc(N(c2ccc(C)cc2)c2ccc(-c3c4ccccc4cc4ccccc34)c3ccccc23)cc1. The van der Waals surface area contributed by atoms with Crippen molar-refractivity contribution in [3.63, 3.8) is 0 Å². The molecule has 0 aliphatic heterocycles. The van der Waals surface area contributed by atoms with Crippen molar-refractivity contribution in [1.82, 2.24) is 0 Å². The van der Waals surface area contributed by atoms with E-state index < -0.39 is 0 Å². The fourth-order valence-corrected chi connectivity index (χ4v) is 5.81. The summed E-state index contributed by atoms with van der Waals surface area (Å²) in [5.74, 6) is 0. The van der Waals surface area contributed by atoms with Gasteiger partial charge >= 0.3 is 0 Å². The van der Waals surface area contributed by atoms with Crippen LogP contribution in [0.1, 0.15) is 11.1 Å². The Balaban J connectivity index is 1.53. The van der Waals surface area contributed by atoms with Gasteiger partial charge in [0.25, 0.3) is 0 Å². The van der Waals surface area contributed by atoms with Gasteiger partial charge in [-0.2, -0.15) is 0 Å². The zero-order valence-electron chi connectivity index (χ0n) is 22.2. The highest BCUT2D eigenvalue weighted by Crippen LogP contribution is 2.45. The molecule has 0 atom stereocenters. The van der Waals surface area contributed by atoms with E-state index in [2.05, 4.69) is 158 Å². The predicted molar refractivity (Wildman–Crippen MR) is 169 cm³/mol. The summed E-state index contributed by atoms with van der Waals surface area (Å²) in [5, 5.41) is 7.57. The topological polar surface area (TPSA) is 3.24 Å². The van der Waals surface area contributed by atoms with Crippen LogP contribution < -0.4 is 4.90 Å². The van der Waals surface area contributed by atoms with Gasteiger partial charge in [0.05, 0.1) is 5.69 Å². The molecule has 7 aromatic carbocycles. The minimum Gasteiger partial charge on any atom is -0.310 e. The summed E-state index contributed by atoms with van der Waals surface area (Å²) in [6.07, 6.45) is 0. The Labute approximate surface area is 229 Å². The summed E-state index contributed by atoms with van der Waals surface area (Å²) in [7, 11) is 0. The normalized spacial score (nSPS) is 11.3. The van der Waals surface area contributed by atoms with E-state index in [1.807, 2.05) is 0 Å². The van der Waals surface area contributed by atoms with Crippen LogP contribution in [-0.2, 0) is 0 Å². The monoisotopic (exact) mass is 499 g/mol. The second-order valence-corrected chi connectivity index (χ2v) is 10.4. The highest BCUT2D eigenvalue weighted by atomic mass is 15.1. The minimum atomic E-state index is 1.15. The number of rotatable bonds is 4. The molecule has 0 fully saturated rings. The van der Waals surface area contributed by atoms with Gasteiger partial charge in [0, 0.05) is 16.8 Å². The van der Waals surface area contributed by atoms with Crippen LogP contribution in [0.15, 0.2) is 140 Å². The molecular formula is C38H29N. The van der Waals surface area contributed by atoms with E-state index in [4.69, 9.17) is 0 Å². The lowest BCUT2D eigenvalue weighted by Gasteiger charge is -2.28. The van der Waals surface area contributed by atoms with Crippen molar-refractivity contribution in [2.24, 2.45) is 0 Å². The lowest BCUT2D eigenvalue weighted by atomic mass is 9.89. The van der Waals surface area contributed by atoms with Crippen molar-refractivity contribution in [3.05, 3.63) is 151 Å². The minimum absolute atomic E-state index is 1.15. The molecule has 0 saturated heterocycles. The first-order valence-corrected chi connectivity index (χ1v) is 13.5. The van der Waals surface area contributed by atoms with Gasteiger partial charge < -0.3 is 4.90 Å². The molecule has 39 heavy (non-hydrogen) atoms. The Hall–Kier alpha value is -4.88. The third-order valence-electron chi connectivity index (χ3n) is 7.77. The number of hydrogen-bond acceptors (Lipinski definition) is 1. The van der Waals surface area contributed by atoms with E-state index in [0.717, 1.165) is 11.4 Å². The number of aryl methyl sites for hydroxylation is 2. The average molecular weight is 500 g/mol. The third kappa shape index (κ3) is 4.04. The highest BCUT2D eigenvalue weighted by molar-refractivity contribution is 6.18. The fraction of sp³-hybridized carbons (Fsp3) is 0.0526. The van der Waals surface area contributed by atoms with Gasteiger partial charge in [0.15, 0.2) is 0 Å². The molecule has 0 aliphatic carbocycles. The number of anilines is 3. The zero-order valence-corrected chi connectivity index (χ0v) is 22.2. The van der Waals surface area contributed by atoms with Crippen LogP contribution in [0.3, 0.4) is 0 Å². The van der Waals surface area contributed by atoms with Crippen molar-refractivity contribution >= 4 is 49.4 Å². The molecule has 186 valence electrons. The maximum absolute atomic E-state index is 2.38. The van der Waals surface area contributed by atoms with Crippen molar-refractivity contribution in [1.29, 1.82) is 0 Å². The number of nitrogens with zero attached hydrogens (tertiary/aromatic N) is 1. The van der Waals surface area contributed by atoms with E-state index in [0.29, 0.717) is 0 Å². The number of fused-ring (bicyclic) bond motifs is 3. The Morgan fingerprint density at radius 3 is 1.41 bits per heavy atom. The van der Waals surface area contributed by atoms with Crippen LogP contribution in [0, 0.1) is 13.8 Å². The molecule has 0 aliphatic rings. The summed E-state index contributed by atoms with van der Waals surface area (Å²) < 4.78 is 0. The van der Waals surface area contributed by atoms with Crippen molar-refractivity contribution in [2.45, 2.75) is 13.8 Å². The highest BCUT2D eigenvalue weighted by Gasteiger charge is 2.19. The van der Waals surface area contributed by atoms with Gasteiger partial charge in [-0.15, -0.1) is 0 Å². The van der Waals surface area contributed by atoms with Crippen LogP contribution in [-0.4, -0.2) is 0 Å². The van der Waals surface area contributed by atoms with Gasteiger partial charge in [-0.25, -0.2) is 0 Å². The van der Waals surface area contributed by atoms with Crippen molar-refractivity contribution in [3.8, 4) is 11.1 Å². The molecule has 7 rings (SSSR count). The molecule has 0 aromatic heterocycles. The predicted octanol–water partition coefficient (Wildman–Crippen LogP) is 10.9. The quantitative estimate of drug-likeness (QED) is 0.218. The van der Waals surface area contributed by atoms with E-state index >= 15 is 0 Å². The molecule has 0 spiro atoms. The number of hydrogen-bond donors (Lipinski definition) is 0. The van der Waals surface area contributed by atoms with Crippen LogP contribution in [0.5, 0.6) is 0 Å². The molecular weight excluding hydrogens is 470 g/mol. The van der Waals surface area contributed by atoms with Crippen LogP contribution >= 0.6 is 0 Å². The smallest absolute Gasteiger partial charge is 0.0540 e. The molecule has 1 heteroatoms. The van der Waals surface area contributed by atoms with Crippen LogP contribution in [0.4, 0.5) is 17.1 Å². The average Bonchev–Trinajstić information content (AvgIpc) is 2.98. The molecule has 7 aromatic rings. The summed E-state index contributed by atoms with van der Waals surface area (Å²) >= 11 is 0. The standard InChI is InChI=1S/C38H29N/c1-26-15-19-30(20-16-26)39(31-21-17-27(2)18-22-31)37-24-23-36(34-13-7-8-14-35(34)37)38-32-11-5-3-9-28(32)25-29-10-4-6-12-33(29)38/h3-25H,1-2H3. The second kappa shape index (κ2) is 9.45. The van der Waals surface area contributed by atoms with Crippen LogP contribution in [0.25, 0.3) is 43.4 Å². The van der Waals surface area contributed by atoms with Gasteiger partial charge in [-0.05, 0) is 88.3 Å². The molecule has 0 heterocycles. The first-order valence-electron chi connectivity index (χ1n) is 13.5. The van der Waals surface area contributed by atoms with E-state index in [9.17, 15) is 0 Å². The van der Waals surface area contributed by atoms with Gasteiger partial charge in [0.2, 0.25) is 0 Å². The van der Waals surface area contributed by atoms with Crippen LogP contribution in [0.2, 0.25) is 0 Å². The molecule has 0 unspecified atom stereocenters. The molecule has 0 N–H and O–H groups in total. The maximum atomic E-state index is 2.38. The van der Waals surface area contributed by atoms with Gasteiger partial charge in [0.1, 0.15) is 0 Å². The summed E-state index contributed by atoms with van der Waals surface area (Å²) in [6.45, 7) is 4.28. The molecule has 0 bridgehead atoms. The summed E-state index contributed by atoms with van der Waals surface area (Å²) in [5.41, 5.74) is 8.54. The first-order chi connectivity index (χ1) is 19.2. The van der Waals surface area contributed by atoms with E-state index in [1.165, 1.54) is 60.3 Å². The molecule has 0 saturated carbocycles. The Morgan fingerprint density at radius 1 is 0.410 bits per heavy atom. The lowest BCUT2D eigenvalue weighted by Crippen LogP contribution is -2.10. The summed E-state index contributed by atoms with van der Waals surface area (Å²) in [6, 6.07) is 50.9. The largest absolute Gasteiger partial charge is 0.310 e. The van der Waals surface area contributed by atoms with Crippen molar-refractivity contribution in [2.75, 3.05) is 4.90 Å². The second-order valence-electron chi connectivity index (χ2n) is 10.4. The van der Waals surface area contributed by atoms with Crippen molar-refractivity contribution < 1.29 is 0 Å².